The lowest BCUT2D eigenvalue weighted by molar-refractivity contribution is -0.142. The minimum Gasteiger partial charge on any atom is -0.481 e. The summed E-state index contributed by atoms with van der Waals surface area (Å²) in [6, 6.07) is 5.42. The molecular weight excluding hydrogens is 270 g/mol. The van der Waals surface area contributed by atoms with Crippen molar-refractivity contribution in [3.8, 4) is 0 Å². The predicted molar refractivity (Wildman–Crippen MR) is 68.3 cm³/mol. The molecule has 1 heterocycles. The standard InChI is InChI=1S/C12H11NO5S/c1-6-2-3-8-7(4-6)13-12(18-8)19-9(11(16)17)5-10(14)15/h2-4,9H,5H2,1H3,(H,14,15)(H,16,17). The number of hydrogen-bond donors (Lipinski definition) is 2. The number of hydrogen-bond acceptors (Lipinski definition) is 5. The first-order valence-electron chi connectivity index (χ1n) is 5.44. The molecule has 0 spiro atoms. The van der Waals surface area contributed by atoms with E-state index in [1.165, 1.54) is 0 Å². The number of thioether (sulfide) groups is 1. The first-order chi connectivity index (χ1) is 8.95. The van der Waals surface area contributed by atoms with E-state index in [0.29, 0.717) is 11.1 Å². The van der Waals surface area contributed by atoms with Crippen molar-refractivity contribution >= 4 is 34.8 Å². The Morgan fingerprint density at radius 1 is 1.42 bits per heavy atom. The van der Waals surface area contributed by atoms with Gasteiger partial charge in [-0.3, -0.25) is 9.59 Å². The zero-order valence-corrected chi connectivity index (χ0v) is 10.8. The quantitative estimate of drug-likeness (QED) is 0.810. The molecule has 0 fully saturated rings. The van der Waals surface area contributed by atoms with Crippen molar-refractivity contribution in [2.45, 2.75) is 23.8 Å². The number of carboxylic acids is 2. The molecule has 0 aliphatic heterocycles. The molecule has 0 saturated carbocycles. The maximum atomic E-state index is 11.0. The first kappa shape index (κ1) is 13.4. The summed E-state index contributed by atoms with van der Waals surface area (Å²) in [6.45, 7) is 1.91. The van der Waals surface area contributed by atoms with Crippen LogP contribution in [-0.2, 0) is 9.59 Å². The second-order valence-electron chi connectivity index (χ2n) is 3.99. The van der Waals surface area contributed by atoms with E-state index < -0.39 is 23.6 Å². The molecule has 1 aromatic carbocycles. The third-order valence-corrected chi connectivity index (χ3v) is 3.43. The number of oxazole rings is 1. The van der Waals surface area contributed by atoms with Crippen LogP contribution in [0.3, 0.4) is 0 Å². The summed E-state index contributed by atoms with van der Waals surface area (Å²) in [5, 5.41) is 16.7. The molecule has 0 aliphatic rings. The van der Waals surface area contributed by atoms with Crippen LogP contribution >= 0.6 is 11.8 Å². The van der Waals surface area contributed by atoms with Gasteiger partial charge in [0.25, 0.3) is 5.22 Å². The molecule has 0 saturated heterocycles. The number of nitrogens with zero attached hydrogens (tertiary/aromatic N) is 1. The lowest BCUT2D eigenvalue weighted by atomic mass is 10.2. The molecule has 1 aromatic heterocycles. The van der Waals surface area contributed by atoms with Crippen LogP contribution in [0.1, 0.15) is 12.0 Å². The fourth-order valence-electron chi connectivity index (χ4n) is 1.53. The Kier molecular flexibility index (Phi) is 3.75. The van der Waals surface area contributed by atoms with Gasteiger partial charge in [0, 0.05) is 0 Å². The van der Waals surface area contributed by atoms with Gasteiger partial charge in [-0.05, 0) is 24.6 Å². The summed E-state index contributed by atoms with van der Waals surface area (Å²) in [5.74, 6) is -2.38. The monoisotopic (exact) mass is 281 g/mol. The average Bonchev–Trinajstić information content (AvgIpc) is 2.68. The van der Waals surface area contributed by atoms with Crippen molar-refractivity contribution in [2.75, 3.05) is 0 Å². The van der Waals surface area contributed by atoms with Gasteiger partial charge in [-0.2, -0.15) is 0 Å². The van der Waals surface area contributed by atoms with Crippen LogP contribution in [0.2, 0.25) is 0 Å². The van der Waals surface area contributed by atoms with Crippen molar-refractivity contribution in [3.63, 3.8) is 0 Å². The Hall–Kier alpha value is -2.02. The highest BCUT2D eigenvalue weighted by atomic mass is 32.2. The van der Waals surface area contributed by atoms with E-state index in [4.69, 9.17) is 14.6 Å². The van der Waals surface area contributed by atoms with Gasteiger partial charge in [0.1, 0.15) is 10.8 Å². The largest absolute Gasteiger partial charge is 0.481 e. The molecule has 19 heavy (non-hydrogen) atoms. The van der Waals surface area contributed by atoms with Crippen LogP contribution in [0.4, 0.5) is 0 Å². The lowest BCUT2D eigenvalue weighted by Gasteiger charge is -2.05. The second-order valence-corrected chi connectivity index (χ2v) is 5.15. The van der Waals surface area contributed by atoms with E-state index in [9.17, 15) is 9.59 Å². The smallest absolute Gasteiger partial charge is 0.317 e. The number of rotatable bonds is 5. The van der Waals surface area contributed by atoms with Crippen molar-refractivity contribution in [2.24, 2.45) is 0 Å². The molecule has 1 unspecified atom stereocenters. The van der Waals surface area contributed by atoms with Crippen molar-refractivity contribution < 1.29 is 24.2 Å². The summed E-state index contributed by atoms with van der Waals surface area (Å²) in [7, 11) is 0. The molecule has 2 N–H and O–H groups in total. The van der Waals surface area contributed by atoms with Gasteiger partial charge >= 0.3 is 11.9 Å². The Labute approximate surface area is 112 Å². The van der Waals surface area contributed by atoms with E-state index in [-0.39, 0.29) is 5.22 Å². The molecule has 2 aromatic rings. The Balaban J connectivity index is 2.23. The first-order valence-corrected chi connectivity index (χ1v) is 6.32. The van der Waals surface area contributed by atoms with E-state index in [0.717, 1.165) is 17.3 Å². The summed E-state index contributed by atoms with van der Waals surface area (Å²) in [4.78, 5) is 25.7. The fourth-order valence-corrected chi connectivity index (χ4v) is 2.39. The second kappa shape index (κ2) is 5.31. The van der Waals surface area contributed by atoms with E-state index in [1.54, 1.807) is 6.07 Å². The van der Waals surface area contributed by atoms with Crippen LogP contribution in [0.5, 0.6) is 0 Å². The molecule has 0 radical (unpaired) electrons. The average molecular weight is 281 g/mol. The zero-order chi connectivity index (χ0) is 14.0. The molecule has 7 heteroatoms. The lowest BCUT2D eigenvalue weighted by Crippen LogP contribution is -2.20. The molecule has 0 bridgehead atoms. The minimum atomic E-state index is -1.20. The highest BCUT2D eigenvalue weighted by Crippen LogP contribution is 2.28. The normalized spacial score (nSPS) is 12.5. The number of carboxylic acid groups (broad SMARTS) is 2. The maximum absolute atomic E-state index is 11.0. The molecule has 0 aliphatic carbocycles. The summed E-state index contributed by atoms with van der Waals surface area (Å²) >= 11 is 0.799. The van der Waals surface area contributed by atoms with E-state index in [2.05, 4.69) is 4.98 Å². The predicted octanol–water partition coefficient (Wildman–Crippen LogP) is 2.16. The molecule has 1 atom stereocenters. The summed E-state index contributed by atoms with van der Waals surface area (Å²) in [5.41, 5.74) is 2.19. The molecule has 2 rings (SSSR count). The van der Waals surface area contributed by atoms with Gasteiger partial charge < -0.3 is 14.6 Å². The van der Waals surface area contributed by atoms with Crippen molar-refractivity contribution in [1.82, 2.24) is 4.98 Å². The third kappa shape index (κ3) is 3.25. The van der Waals surface area contributed by atoms with Crippen molar-refractivity contribution in [1.29, 1.82) is 0 Å². The summed E-state index contributed by atoms with van der Waals surface area (Å²) < 4.78 is 5.38. The van der Waals surface area contributed by atoms with Gasteiger partial charge in [-0.15, -0.1) is 0 Å². The fraction of sp³-hybridized carbons (Fsp3) is 0.250. The third-order valence-electron chi connectivity index (χ3n) is 2.40. The van der Waals surface area contributed by atoms with Gasteiger partial charge in [0.2, 0.25) is 0 Å². The highest BCUT2D eigenvalue weighted by molar-refractivity contribution is 8.00. The number of aromatic nitrogens is 1. The Morgan fingerprint density at radius 2 is 2.16 bits per heavy atom. The Morgan fingerprint density at radius 3 is 2.79 bits per heavy atom. The number of fused-ring (bicyclic) bond motifs is 1. The summed E-state index contributed by atoms with van der Waals surface area (Å²) in [6.07, 6.45) is -0.488. The van der Waals surface area contributed by atoms with Gasteiger partial charge in [-0.25, -0.2) is 4.98 Å². The topological polar surface area (TPSA) is 101 Å². The number of aryl methyl sites for hydroxylation is 1. The van der Waals surface area contributed by atoms with Crippen molar-refractivity contribution in [3.05, 3.63) is 23.8 Å². The van der Waals surface area contributed by atoms with E-state index >= 15 is 0 Å². The zero-order valence-electron chi connectivity index (χ0n) is 9.99. The SMILES string of the molecule is Cc1ccc2oc(SC(CC(=O)O)C(=O)O)nc2c1. The van der Waals surface area contributed by atoms with Crippen LogP contribution in [0.15, 0.2) is 27.8 Å². The Bertz CT molecular complexity index is 636. The molecule has 0 amide bonds. The highest BCUT2D eigenvalue weighted by Gasteiger charge is 2.24. The molecule has 6 nitrogen and oxygen atoms in total. The number of aliphatic carboxylic acids is 2. The van der Waals surface area contributed by atoms with Crippen LogP contribution < -0.4 is 0 Å². The van der Waals surface area contributed by atoms with Gasteiger partial charge in [0.15, 0.2) is 5.58 Å². The number of benzene rings is 1. The van der Waals surface area contributed by atoms with E-state index in [1.807, 2.05) is 19.1 Å². The number of carbonyl (C=O) groups is 2. The minimum absolute atomic E-state index is 0.161. The van der Waals surface area contributed by atoms with Crippen LogP contribution in [0.25, 0.3) is 11.1 Å². The van der Waals surface area contributed by atoms with Gasteiger partial charge in [0.05, 0.1) is 6.42 Å². The molecular formula is C12H11NO5S. The van der Waals surface area contributed by atoms with Crippen LogP contribution in [-0.4, -0.2) is 32.4 Å². The van der Waals surface area contributed by atoms with Gasteiger partial charge in [-0.1, -0.05) is 17.8 Å². The van der Waals surface area contributed by atoms with Crippen LogP contribution in [0, 0.1) is 6.92 Å². The molecule has 100 valence electrons. The maximum Gasteiger partial charge on any atom is 0.317 e.